The second-order valence-corrected chi connectivity index (χ2v) is 4.17. The van der Waals surface area contributed by atoms with Gasteiger partial charge in [0.1, 0.15) is 0 Å². The summed E-state index contributed by atoms with van der Waals surface area (Å²) in [6, 6.07) is 5.22. The van der Waals surface area contributed by atoms with Crippen molar-refractivity contribution in [1.82, 2.24) is 9.47 Å². The Morgan fingerprint density at radius 3 is 3.15 bits per heavy atom. The van der Waals surface area contributed by atoms with E-state index in [4.69, 9.17) is 0 Å². The number of fused-ring (bicyclic) bond motifs is 3. The van der Waals surface area contributed by atoms with Crippen LogP contribution >= 0.6 is 0 Å². The molecule has 13 heavy (non-hydrogen) atoms. The standard InChI is InChI=1S/C11H16N2/c1-2-6-12-8-9-13-7-3-5-11(13)10(12)4-1/h3,5,7,10H,1-2,4,6,8-9H2/t10-/m1/s1. The number of piperidine rings is 1. The van der Waals surface area contributed by atoms with Gasteiger partial charge in [0.15, 0.2) is 0 Å². The third-order valence-corrected chi connectivity index (χ3v) is 3.45. The molecule has 2 nitrogen and oxygen atoms in total. The van der Waals surface area contributed by atoms with Crippen LogP contribution in [0.25, 0.3) is 0 Å². The SMILES string of the molecule is c1cc2n(c1)CCN1CCCC[C@H]21. The van der Waals surface area contributed by atoms with Gasteiger partial charge in [0.25, 0.3) is 0 Å². The van der Waals surface area contributed by atoms with Crippen molar-refractivity contribution in [1.29, 1.82) is 0 Å². The van der Waals surface area contributed by atoms with Crippen LogP contribution in [0.2, 0.25) is 0 Å². The molecule has 2 heteroatoms. The average molecular weight is 176 g/mol. The summed E-state index contributed by atoms with van der Waals surface area (Å²) in [6.45, 7) is 3.76. The van der Waals surface area contributed by atoms with Crippen LogP contribution in [0.3, 0.4) is 0 Å². The Bertz CT molecular complexity index is 303. The second kappa shape index (κ2) is 2.88. The summed E-state index contributed by atoms with van der Waals surface area (Å²) < 4.78 is 2.42. The van der Waals surface area contributed by atoms with E-state index in [0.717, 1.165) is 6.04 Å². The van der Waals surface area contributed by atoms with Crippen LogP contribution in [0.5, 0.6) is 0 Å². The first-order valence-corrected chi connectivity index (χ1v) is 5.34. The number of aromatic nitrogens is 1. The lowest BCUT2D eigenvalue weighted by Crippen LogP contribution is -2.40. The Morgan fingerprint density at radius 2 is 2.15 bits per heavy atom. The molecule has 3 heterocycles. The highest BCUT2D eigenvalue weighted by molar-refractivity contribution is 5.15. The van der Waals surface area contributed by atoms with Crippen molar-refractivity contribution in [3.63, 3.8) is 0 Å². The van der Waals surface area contributed by atoms with E-state index in [2.05, 4.69) is 27.8 Å². The van der Waals surface area contributed by atoms with Gasteiger partial charge in [-0.25, -0.2) is 0 Å². The third kappa shape index (κ3) is 1.12. The minimum atomic E-state index is 0.734. The van der Waals surface area contributed by atoms with Gasteiger partial charge in [-0.15, -0.1) is 0 Å². The fourth-order valence-corrected chi connectivity index (χ4v) is 2.76. The minimum absolute atomic E-state index is 0.734. The van der Waals surface area contributed by atoms with Crippen LogP contribution in [0.15, 0.2) is 18.3 Å². The van der Waals surface area contributed by atoms with Crippen LogP contribution in [-0.2, 0) is 6.54 Å². The molecule has 3 rings (SSSR count). The zero-order valence-corrected chi connectivity index (χ0v) is 7.95. The van der Waals surface area contributed by atoms with Gasteiger partial charge in [0, 0.05) is 25.0 Å². The van der Waals surface area contributed by atoms with Crippen molar-refractivity contribution in [3.8, 4) is 0 Å². The maximum atomic E-state index is 2.65. The Morgan fingerprint density at radius 1 is 1.15 bits per heavy atom. The molecule has 2 aliphatic rings. The van der Waals surface area contributed by atoms with E-state index in [-0.39, 0.29) is 0 Å². The van der Waals surface area contributed by atoms with E-state index in [9.17, 15) is 0 Å². The molecular weight excluding hydrogens is 160 g/mol. The Hall–Kier alpha value is -0.760. The van der Waals surface area contributed by atoms with Crippen LogP contribution in [0.4, 0.5) is 0 Å². The zero-order valence-electron chi connectivity index (χ0n) is 7.95. The summed E-state index contributed by atoms with van der Waals surface area (Å²) in [5.74, 6) is 0. The second-order valence-electron chi connectivity index (χ2n) is 4.17. The molecule has 0 aliphatic carbocycles. The Balaban J connectivity index is 1.97. The van der Waals surface area contributed by atoms with E-state index in [1.165, 1.54) is 38.9 Å². The van der Waals surface area contributed by atoms with Gasteiger partial charge >= 0.3 is 0 Å². The number of hydrogen-bond donors (Lipinski definition) is 0. The molecule has 1 atom stereocenters. The van der Waals surface area contributed by atoms with E-state index in [0.29, 0.717) is 0 Å². The highest BCUT2D eigenvalue weighted by atomic mass is 15.2. The summed E-state index contributed by atoms with van der Waals surface area (Å²) in [4.78, 5) is 2.65. The molecule has 1 aromatic rings. The zero-order chi connectivity index (χ0) is 8.67. The quantitative estimate of drug-likeness (QED) is 0.587. The summed E-state index contributed by atoms with van der Waals surface area (Å²) in [7, 11) is 0. The lowest BCUT2D eigenvalue weighted by Gasteiger charge is -2.40. The summed E-state index contributed by atoms with van der Waals surface area (Å²) in [5.41, 5.74) is 1.55. The molecule has 0 N–H and O–H groups in total. The van der Waals surface area contributed by atoms with E-state index in [1.807, 2.05) is 0 Å². The van der Waals surface area contributed by atoms with Crippen LogP contribution in [0.1, 0.15) is 31.0 Å². The lowest BCUT2D eigenvalue weighted by molar-refractivity contribution is 0.115. The van der Waals surface area contributed by atoms with Crippen molar-refractivity contribution in [2.24, 2.45) is 0 Å². The van der Waals surface area contributed by atoms with Gasteiger partial charge in [-0.05, 0) is 31.5 Å². The van der Waals surface area contributed by atoms with E-state index < -0.39 is 0 Å². The Labute approximate surface area is 79.2 Å². The Kier molecular flexibility index (Phi) is 1.69. The van der Waals surface area contributed by atoms with Crippen molar-refractivity contribution in [2.75, 3.05) is 13.1 Å². The van der Waals surface area contributed by atoms with Gasteiger partial charge in [0.2, 0.25) is 0 Å². The fourth-order valence-electron chi connectivity index (χ4n) is 2.76. The number of rotatable bonds is 0. The molecule has 0 radical (unpaired) electrons. The average Bonchev–Trinajstić information content (AvgIpc) is 2.65. The molecule has 70 valence electrons. The molecule has 2 aliphatic heterocycles. The first kappa shape index (κ1) is 7.63. The summed E-state index contributed by atoms with van der Waals surface area (Å²) >= 11 is 0. The first-order chi connectivity index (χ1) is 6.45. The van der Waals surface area contributed by atoms with Crippen LogP contribution in [-0.4, -0.2) is 22.6 Å². The molecule has 0 unspecified atom stereocenters. The highest BCUT2D eigenvalue weighted by Crippen LogP contribution is 2.33. The smallest absolute Gasteiger partial charge is 0.0501 e. The molecular formula is C11H16N2. The van der Waals surface area contributed by atoms with E-state index in [1.54, 1.807) is 5.69 Å². The molecule has 0 aromatic carbocycles. The number of nitrogens with zero attached hydrogens (tertiary/aromatic N) is 2. The van der Waals surface area contributed by atoms with E-state index >= 15 is 0 Å². The largest absolute Gasteiger partial charge is 0.349 e. The maximum Gasteiger partial charge on any atom is 0.0501 e. The van der Waals surface area contributed by atoms with Crippen molar-refractivity contribution >= 4 is 0 Å². The van der Waals surface area contributed by atoms with Crippen LogP contribution < -0.4 is 0 Å². The van der Waals surface area contributed by atoms with Gasteiger partial charge in [-0.3, -0.25) is 4.90 Å². The maximum absolute atomic E-state index is 2.65. The van der Waals surface area contributed by atoms with Gasteiger partial charge in [-0.2, -0.15) is 0 Å². The molecule has 1 saturated heterocycles. The lowest BCUT2D eigenvalue weighted by atomic mass is 9.98. The molecule has 0 bridgehead atoms. The molecule has 1 fully saturated rings. The highest BCUT2D eigenvalue weighted by Gasteiger charge is 2.28. The summed E-state index contributed by atoms with van der Waals surface area (Å²) in [5, 5.41) is 0. The van der Waals surface area contributed by atoms with Gasteiger partial charge in [-0.1, -0.05) is 6.42 Å². The number of hydrogen-bond acceptors (Lipinski definition) is 1. The predicted octanol–water partition coefficient (Wildman–Crippen LogP) is 2.03. The minimum Gasteiger partial charge on any atom is -0.349 e. The van der Waals surface area contributed by atoms with Crippen molar-refractivity contribution < 1.29 is 0 Å². The van der Waals surface area contributed by atoms with Crippen molar-refractivity contribution in [3.05, 3.63) is 24.0 Å². The molecule has 0 saturated carbocycles. The van der Waals surface area contributed by atoms with Crippen molar-refractivity contribution in [2.45, 2.75) is 31.8 Å². The normalized spacial score (nSPS) is 28.2. The van der Waals surface area contributed by atoms with Gasteiger partial charge in [0.05, 0.1) is 6.04 Å². The van der Waals surface area contributed by atoms with Gasteiger partial charge < -0.3 is 4.57 Å². The predicted molar refractivity (Wildman–Crippen MR) is 52.6 cm³/mol. The topological polar surface area (TPSA) is 8.17 Å². The molecule has 0 amide bonds. The molecule has 1 aromatic heterocycles. The first-order valence-electron chi connectivity index (χ1n) is 5.34. The summed E-state index contributed by atoms with van der Waals surface area (Å²) in [6.07, 6.45) is 6.40. The fraction of sp³-hybridized carbons (Fsp3) is 0.636. The molecule has 0 spiro atoms. The van der Waals surface area contributed by atoms with Crippen LogP contribution in [0, 0.1) is 0 Å². The third-order valence-electron chi connectivity index (χ3n) is 3.45. The monoisotopic (exact) mass is 176 g/mol.